The van der Waals surface area contributed by atoms with Crippen LogP contribution in [0.15, 0.2) is 29.1 Å². The SMILES string of the molecule is Cn1nc2n(c1=O)CC(C(=O)N1CCc3ccccc3CC1)CC2. The first-order valence-corrected chi connectivity index (χ1v) is 8.62. The number of aromatic nitrogens is 3. The molecular weight excluding hydrogens is 304 g/mol. The van der Waals surface area contributed by atoms with Gasteiger partial charge in [-0.3, -0.25) is 9.36 Å². The Morgan fingerprint density at radius 2 is 1.79 bits per heavy atom. The minimum atomic E-state index is -0.120. The van der Waals surface area contributed by atoms with Crippen molar-refractivity contribution >= 4 is 5.91 Å². The Kier molecular flexibility index (Phi) is 3.75. The van der Waals surface area contributed by atoms with Crippen LogP contribution in [-0.4, -0.2) is 38.2 Å². The number of fused-ring (bicyclic) bond motifs is 2. The van der Waals surface area contributed by atoms with E-state index in [4.69, 9.17) is 0 Å². The maximum Gasteiger partial charge on any atom is 0.345 e. The third-order valence-corrected chi connectivity index (χ3v) is 5.29. The summed E-state index contributed by atoms with van der Waals surface area (Å²) in [5.41, 5.74) is 2.58. The zero-order chi connectivity index (χ0) is 16.7. The highest BCUT2D eigenvalue weighted by molar-refractivity contribution is 5.79. The first-order valence-electron chi connectivity index (χ1n) is 8.62. The maximum atomic E-state index is 13.0. The number of amides is 1. The minimum absolute atomic E-state index is 0.111. The van der Waals surface area contributed by atoms with Crippen LogP contribution in [0.2, 0.25) is 0 Å². The van der Waals surface area contributed by atoms with Gasteiger partial charge >= 0.3 is 5.69 Å². The van der Waals surface area contributed by atoms with Crippen molar-refractivity contribution in [3.8, 4) is 0 Å². The molecule has 1 amide bonds. The third-order valence-electron chi connectivity index (χ3n) is 5.29. The normalized spacial score (nSPS) is 20.2. The van der Waals surface area contributed by atoms with Crippen molar-refractivity contribution in [1.82, 2.24) is 19.2 Å². The van der Waals surface area contributed by atoms with Crippen molar-refractivity contribution in [3.63, 3.8) is 0 Å². The second-order valence-electron chi connectivity index (χ2n) is 6.76. The van der Waals surface area contributed by atoms with E-state index in [0.29, 0.717) is 13.0 Å². The third kappa shape index (κ3) is 2.56. The Balaban J connectivity index is 1.49. The number of carbonyl (C=O) groups is 1. The second-order valence-corrected chi connectivity index (χ2v) is 6.76. The van der Waals surface area contributed by atoms with Crippen LogP contribution < -0.4 is 5.69 Å². The Morgan fingerprint density at radius 3 is 2.46 bits per heavy atom. The molecule has 6 nitrogen and oxygen atoms in total. The van der Waals surface area contributed by atoms with Crippen LogP contribution in [0.25, 0.3) is 0 Å². The lowest BCUT2D eigenvalue weighted by Crippen LogP contribution is -2.42. The summed E-state index contributed by atoms with van der Waals surface area (Å²) in [6.07, 6.45) is 3.29. The number of rotatable bonds is 1. The van der Waals surface area contributed by atoms with Crippen molar-refractivity contribution in [2.75, 3.05) is 13.1 Å². The molecule has 2 aliphatic heterocycles. The average Bonchev–Trinajstić information content (AvgIpc) is 2.77. The van der Waals surface area contributed by atoms with Gasteiger partial charge in [-0.15, -0.1) is 0 Å². The van der Waals surface area contributed by atoms with Crippen LogP contribution in [0.4, 0.5) is 0 Å². The molecule has 1 aromatic heterocycles. The molecule has 1 atom stereocenters. The summed E-state index contributed by atoms with van der Waals surface area (Å²) >= 11 is 0. The molecule has 0 aliphatic carbocycles. The molecule has 126 valence electrons. The molecule has 0 spiro atoms. The van der Waals surface area contributed by atoms with Gasteiger partial charge in [0.1, 0.15) is 5.82 Å². The van der Waals surface area contributed by atoms with Crippen LogP contribution in [0.5, 0.6) is 0 Å². The standard InChI is InChI=1S/C18H22N4O2/c1-20-18(24)22-12-15(6-7-16(22)19-20)17(23)21-10-8-13-4-2-3-5-14(13)9-11-21/h2-5,15H,6-12H2,1H3. The van der Waals surface area contributed by atoms with E-state index in [1.807, 2.05) is 4.90 Å². The van der Waals surface area contributed by atoms with E-state index in [1.165, 1.54) is 15.8 Å². The van der Waals surface area contributed by atoms with E-state index >= 15 is 0 Å². The predicted molar refractivity (Wildman–Crippen MR) is 89.7 cm³/mol. The lowest BCUT2D eigenvalue weighted by molar-refractivity contribution is -0.136. The zero-order valence-corrected chi connectivity index (χ0v) is 13.9. The highest BCUT2D eigenvalue weighted by atomic mass is 16.2. The monoisotopic (exact) mass is 326 g/mol. The van der Waals surface area contributed by atoms with Crippen molar-refractivity contribution < 1.29 is 4.79 Å². The number of hydrogen-bond donors (Lipinski definition) is 0. The van der Waals surface area contributed by atoms with Gasteiger partial charge < -0.3 is 4.90 Å². The van der Waals surface area contributed by atoms with Crippen LogP contribution >= 0.6 is 0 Å². The lowest BCUT2D eigenvalue weighted by Gasteiger charge is -2.28. The highest BCUT2D eigenvalue weighted by Gasteiger charge is 2.31. The van der Waals surface area contributed by atoms with E-state index in [1.54, 1.807) is 11.6 Å². The fraction of sp³-hybridized carbons (Fsp3) is 0.500. The van der Waals surface area contributed by atoms with Crippen molar-refractivity contribution in [2.24, 2.45) is 13.0 Å². The number of hydrogen-bond acceptors (Lipinski definition) is 3. The topological polar surface area (TPSA) is 60.1 Å². The van der Waals surface area contributed by atoms with Gasteiger partial charge in [0.2, 0.25) is 5.91 Å². The summed E-state index contributed by atoms with van der Waals surface area (Å²) in [7, 11) is 1.66. The Morgan fingerprint density at radius 1 is 1.12 bits per heavy atom. The zero-order valence-electron chi connectivity index (χ0n) is 13.9. The van der Waals surface area contributed by atoms with Crippen molar-refractivity contribution in [2.45, 2.75) is 32.2 Å². The van der Waals surface area contributed by atoms with Gasteiger partial charge in [0, 0.05) is 33.1 Å². The van der Waals surface area contributed by atoms with Crippen LogP contribution in [-0.2, 0) is 37.6 Å². The van der Waals surface area contributed by atoms with Crippen LogP contribution in [0, 0.1) is 5.92 Å². The number of aryl methyl sites for hydroxylation is 2. The van der Waals surface area contributed by atoms with Gasteiger partial charge in [0.15, 0.2) is 0 Å². The molecule has 0 fully saturated rings. The number of carbonyl (C=O) groups excluding carboxylic acids is 1. The maximum absolute atomic E-state index is 13.0. The number of benzene rings is 1. The van der Waals surface area contributed by atoms with Gasteiger partial charge in [-0.25, -0.2) is 9.48 Å². The van der Waals surface area contributed by atoms with E-state index in [9.17, 15) is 9.59 Å². The minimum Gasteiger partial charge on any atom is -0.342 e. The summed E-state index contributed by atoms with van der Waals surface area (Å²) < 4.78 is 3.03. The first-order chi connectivity index (χ1) is 11.6. The highest BCUT2D eigenvalue weighted by Crippen LogP contribution is 2.22. The van der Waals surface area contributed by atoms with Crippen LogP contribution in [0.1, 0.15) is 23.4 Å². The molecule has 0 bridgehead atoms. The number of nitrogens with zero attached hydrogens (tertiary/aromatic N) is 4. The Labute approximate surface area is 140 Å². The molecule has 1 aromatic carbocycles. The van der Waals surface area contributed by atoms with E-state index in [2.05, 4.69) is 29.4 Å². The molecule has 0 saturated carbocycles. The molecular formula is C18H22N4O2. The molecule has 2 aromatic rings. The molecule has 24 heavy (non-hydrogen) atoms. The fourth-order valence-corrected chi connectivity index (χ4v) is 3.89. The first kappa shape index (κ1) is 15.2. The van der Waals surface area contributed by atoms with Gasteiger partial charge in [-0.2, -0.15) is 5.10 Å². The summed E-state index contributed by atoms with van der Waals surface area (Å²) in [5.74, 6) is 0.875. The van der Waals surface area contributed by atoms with Crippen LogP contribution in [0.3, 0.4) is 0 Å². The summed E-state index contributed by atoms with van der Waals surface area (Å²) in [6, 6.07) is 8.44. The largest absolute Gasteiger partial charge is 0.345 e. The molecule has 4 rings (SSSR count). The molecule has 0 N–H and O–H groups in total. The average molecular weight is 326 g/mol. The second kappa shape index (κ2) is 5.92. The Hall–Kier alpha value is -2.37. The van der Waals surface area contributed by atoms with E-state index in [0.717, 1.165) is 38.2 Å². The predicted octanol–water partition coefficient (Wildman–Crippen LogP) is 0.772. The van der Waals surface area contributed by atoms with Crippen molar-refractivity contribution in [3.05, 3.63) is 51.7 Å². The smallest absolute Gasteiger partial charge is 0.342 e. The van der Waals surface area contributed by atoms with Gasteiger partial charge in [-0.05, 0) is 30.4 Å². The summed E-state index contributed by atoms with van der Waals surface area (Å²) in [4.78, 5) is 27.1. The van der Waals surface area contributed by atoms with E-state index in [-0.39, 0.29) is 17.5 Å². The lowest BCUT2D eigenvalue weighted by atomic mass is 9.97. The quantitative estimate of drug-likeness (QED) is 0.778. The molecule has 6 heteroatoms. The molecule has 0 saturated heterocycles. The fourth-order valence-electron chi connectivity index (χ4n) is 3.89. The summed E-state index contributed by atoms with van der Waals surface area (Å²) in [5, 5.41) is 4.24. The summed E-state index contributed by atoms with van der Waals surface area (Å²) in [6.45, 7) is 1.99. The van der Waals surface area contributed by atoms with Gasteiger partial charge in [0.05, 0.1) is 5.92 Å². The molecule has 3 heterocycles. The van der Waals surface area contributed by atoms with Crippen molar-refractivity contribution in [1.29, 1.82) is 0 Å². The van der Waals surface area contributed by atoms with Gasteiger partial charge in [0.25, 0.3) is 0 Å². The Bertz CT molecular complexity index is 809. The van der Waals surface area contributed by atoms with E-state index < -0.39 is 0 Å². The molecule has 2 aliphatic rings. The molecule has 0 radical (unpaired) electrons. The van der Waals surface area contributed by atoms with Gasteiger partial charge in [-0.1, -0.05) is 24.3 Å². The molecule has 1 unspecified atom stereocenters.